The van der Waals surface area contributed by atoms with Gasteiger partial charge in [-0.3, -0.25) is 9.78 Å². The van der Waals surface area contributed by atoms with Crippen molar-refractivity contribution in [3.05, 3.63) is 40.6 Å². The Balaban J connectivity index is 2.14. The summed E-state index contributed by atoms with van der Waals surface area (Å²) >= 11 is 1.45. The third-order valence-corrected chi connectivity index (χ3v) is 6.63. The number of hydrogen-bond acceptors (Lipinski definition) is 7. The molecule has 0 saturated heterocycles. The lowest BCUT2D eigenvalue weighted by molar-refractivity contribution is -0.119. The van der Waals surface area contributed by atoms with Gasteiger partial charge in [-0.2, -0.15) is 9.57 Å². The molecule has 0 amide bonds. The quantitative estimate of drug-likeness (QED) is 0.649. The van der Waals surface area contributed by atoms with Crippen molar-refractivity contribution in [2.45, 2.75) is 37.5 Å². The van der Waals surface area contributed by atoms with Crippen LogP contribution in [0.25, 0.3) is 0 Å². The number of hydrogen-bond donors (Lipinski definition) is 0. The number of aromatic nitrogens is 2. The largest absolute Gasteiger partial charge is 0.298 e. The van der Waals surface area contributed by atoms with Gasteiger partial charge in [0.05, 0.1) is 23.0 Å². The van der Waals surface area contributed by atoms with Crippen LogP contribution in [0.1, 0.15) is 37.6 Å². The number of carbonyl (C=O) groups excluding carboxylic acids is 1. The average molecular weight is 393 g/mol. The minimum atomic E-state index is -3.61. The molecular formula is C17H20N4O3S2. The minimum Gasteiger partial charge on any atom is -0.298 e. The van der Waals surface area contributed by atoms with Gasteiger partial charge in [-0.05, 0) is 18.6 Å². The molecule has 0 aliphatic heterocycles. The Hall–Kier alpha value is -2.15. The van der Waals surface area contributed by atoms with Crippen molar-refractivity contribution in [1.29, 1.82) is 5.26 Å². The predicted octanol–water partition coefficient (Wildman–Crippen LogP) is 2.38. The van der Waals surface area contributed by atoms with E-state index < -0.39 is 15.9 Å². The van der Waals surface area contributed by atoms with Crippen LogP contribution in [0, 0.1) is 11.3 Å². The molecule has 26 heavy (non-hydrogen) atoms. The second kappa shape index (κ2) is 8.98. The summed E-state index contributed by atoms with van der Waals surface area (Å²) in [6.07, 6.45) is 1.86. The van der Waals surface area contributed by atoms with Gasteiger partial charge in [0.15, 0.2) is 5.78 Å². The maximum absolute atomic E-state index is 12.5. The Bertz CT molecular complexity index is 868. The molecule has 0 bridgehead atoms. The van der Waals surface area contributed by atoms with E-state index in [0.717, 1.165) is 5.69 Å². The van der Waals surface area contributed by atoms with E-state index in [1.54, 1.807) is 19.4 Å². The topological polar surface area (TPSA) is 104 Å². The zero-order chi connectivity index (χ0) is 19.2. The van der Waals surface area contributed by atoms with Crippen molar-refractivity contribution in [2.24, 2.45) is 0 Å². The molecular weight excluding hydrogens is 372 g/mol. The average Bonchev–Trinajstić information content (AvgIpc) is 3.15. The van der Waals surface area contributed by atoms with Gasteiger partial charge < -0.3 is 0 Å². The molecule has 2 heterocycles. The summed E-state index contributed by atoms with van der Waals surface area (Å²) in [5.74, 6) is -1.27. The van der Waals surface area contributed by atoms with E-state index in [1.165, 1.54) is 34.0 Å². The molecule has 0 aliphatic rings. The summed E-state index contributed by atoms with van der Waals surface area (Å²) in [6, 6.07) is 4.79. The summed E-state index contributed by atoms with van der Waals surface area (Å²) in [4.78, 5) is 20.6. The van der Waals surface area contributed by atoms with Gasteiger partial charge in [0.25, 0.3) is 0 Å². The number of aryl methyl sites for hydroxylation is 1. The predicted molar refractivity (Wildman–Crippen MR) is 98.1 cm³/mol. The van der Waals surface area contributed by atoms with Gasteiger partial charge in [-0.25, -0.2) is 13.4 Å². The molecule has 9 heteroatoms. The second-order valence-electron chi connectivity index (χ2n) is 5.52. The monoisotopic (exact) mass is 392 g/mol. The van der Waals surface area contributed by atoms with Crippen molar-refractivity contribution in [3.63, 3.8) is 0 Å². The number of rotatable bonds is 9. The van der Waals surface area contributed by atoms with Crippen molar-refractivity contribution < 1.29 is 13.2 Å². The first-order valence-electron chi connectivity index (χ1n) is 8.19. The van der Waals surface area contributed by atoms with Crippen LogP contribution < -0.4 is 0 Å². The maximum Gasteiger partial charge on any atom is 0.244 e. The SMILES string of the molecule is CCN(CC)S(=O)(=O)c1ccc(C(C#N)C(=O)CCc2cscn2)nc1. The number of Topliss-reactive ketones (excluding diaryl/α,β-unsaturated/α-hetero) is 1. The fraction of sp³-hybridized carbons (Fsp3) is 0.412. The molecule has 0 saturated carbocycles. The molecule has 1 atom stereocenters. The molecule has 0 aromatic carbocycles. The fourth-order valence-electron chi connectivity index (χ4n) is 2.49. The van der Waals surface area contributed by atoms with Gasteiger partial charge in [0.2, 0.25) is 10.0 Å². The number of nitrogens with zero attached hydrogens (tertiary/aromatic N) is 4. The molecule has 7 nitrogen and oxygen atoms in total. The van der Waals surface area contributed by atoms with Crippen molar-refractivity contribution in [2.75, 3.05) is 13.1 Å². The summed E-state index contributed by atoms with van der Waals surface area (Å²) in [5.41, 5.74) is 2.76. The number of thiazole rings is 1. The van der Waals surface area contributed by atoms with Crippen LogP contribution in [-0.2, 0) is 21.2 Å². The van der Waals surface area contributed by atoms with E-state index in [4.69, 9.17) is 0 Å². The highest BCUT2D eigenvalue weighted by atomic mass is 32.2. The molecule has 138 valence electrons. The van der Waals surface area contributed by atoms with Gasteiger partial charge in [0.1, 0.15) is 10.8 Å². The molecule has 0 aliphatic carbocycles. The van der Waals surface area contributed by atoms with Crippen molar-refractivity contribution >= 4 is 27.1 Å². The zero-order valence-electron chi connectivity index (χ0n) is 14.6. The molecule has 0 N–H and O–H groups in total. The summed E-state index contributed by atoms with van der Waals surface area (Å²) in [7, 11) is -3.61. The summed E-state index contributed by atoms with van der Waals surface area (Å²) in [5, 5.41) is 11.2. The summed E-state index contributed by atoms with van der Waals surface area (Å²) in [6.45, 7) is 4.23. The van der Waals surface area contributed by atoms with Crippen LogP contribution in [0.3, 0.4) is 0 Å². The Morgan fingerprint density at radius 3 is 2.54 bits per heavy atom. The normalized spacial score (nSPS) is 12.7. The minimum absolute atomic E-state index is 0.0524. The third kappa shape index (κ3) is 4.52. The third-order valence-electron chi connectivity index (χ3n) is 3.96. The first-order chi connectivity index (χ1) is 12.4. The van der Waals surface area contributed by atoms with Gasteiger partial charge in [-0.1, -0.05) is 13.8 Å². The van der Waals surface area contributed by atoms with Crippen molar-refractivity contribution in [1.82, 2.24) is 14.3 Å². The lowest BCUT2D eigenvalue weighted by Crippen LogP contribution is -2.30. The Morgan fingerprint density at radius 2 is 2.04 bits per heavy atom. The fourth-order valence-corrected chi connectivity index (χ4v) is 4.48. The van der Waals surface area contributed by atoms with Gasteiger partial charge in [0, 0.05) is 31.1 Å². The number of pyridine rings is 1. The van der Waals surface area contributed by atoms with E-state index in [1.807, 2.05) is 11.4 Å². The number of sulfonamides is 1. The molecule has 2 aromatic rings. The molecule has 1 unspecified atom stereocenters. The second-order valence-corrected chi connectivity index (χ2v) is 8.17. The van der Waals surface area contributed by atoms with Crippen LogP contribution in [-0.4, -0.2) is 41.6 Å². The van der Waals surface area contributed by atoms with E-state index >= 15 is 0 Å². The molecule has 2 rings (SSSR count). The van der Waals surface area contributed by atoms with E-state index in [0.29, 0.717) is 19.5 Å². The van der Waals surface area contributed by atoms with E-state index in [2.05, 4.69) is 9.97 Å². The number of nitriles is 1. The zero-order valence-corrected chi connectivity index (χ0v) is 16.3. The molecule has 0 spiro atoms. The van der Waals surface area contributed by atoms with Crippen LogP contribution in [0.15, 0.2) is 34.1 Å². The van der Waals surface area contributed by atoms with Crippen LogP contribution in [0.4, 0.5) is 0 Å². The first-order valence-corrected chi connectivity index (χ1v) is 10.6. The van der Waals surface area contributed by atoms with Gasteiger partial charge in [-0.15, -0.1) is 11.3 Å². The van der Waals surface area contributed by atoms with Crippen LogP contribution in [0.5, 0.6) is 0 Å². The molecule has 0 radical (unpaired) electrons. The number of ketones is 1. The van der Waals surface area contributed by atoms with Crippen LogP contribution in [0.2, 0.25) is 0 Å². The lowest BCUT2D eigenvalue weighted by Gasteiger charge is -2.18. The van der Waals surface area contributed by atoms with Crippen molar-refractivity contribution in [3.8, 4) is 6.07 Å². The first kappa shape index (κ1) is 20.2. The Kier molecular flexibility index (Phi) is 6.97. The lowest BCUT2D eigenvalue weighted by atomic mass is 9.97. The highest BCUT2D eigenvalue weighted by Gasteiger charge is 2.25. The Morgan fingerprint density at radius 1 is 1.31 bits per heavy atom. The highest BCUT2D eigenvalue weighted by Crippen LogP contribution is 2.20. The van der Waals surface area contributed by atoms with E-state index in [-0.39, 0.29) is 22.8 Å². The number of carbonyl (C=O) groups is 1. The molecule has 2 aromatic heterocycles. The highest BCUT2D eigenvalue weighted by molar-refractivity contribution is 7.89. The smallest absolute Gasteiger partial charge is 0.244 e. The molecule has 0 fully saturated rings. The Labute approximate surface area is 157 Å². The summed E-state index contributed by atoms with van der Waals surface area (Å²) < 4.78 is 26.2. The maximum atomic E-state index is 12.5. The standard InChI is InChI=1S/C17H20N4O3S2/c1-3-21(4-2)26(23,24)14-6-7-16(19-10-14)15(9-18)17(22)8-5-13-11-25-12-20-13/h6-7,10-12,15H,3-5,8H2,1-2H3. The van der Waals surface area contributed by atoms with Gasteiger partial charge >= 0.3 is 0 Å². The van der Waals surface area contributed by atoms with Crippen LogP contribution >= 0.6 is 11.3 Å². The van der Waals surface area contributed by atoms with E-state index in [9.17, 15) is 18.5 Å².